The van der Waals surface area contributed by atoms with E-state index in [2.05, 4.69) is 0 Å². The van der Waals surface area contributed by atoms with Crippen molar-refractivity contribution in [2.45, 2.75) is 38.2 Å². The summed E-state index contributed by atoms with van der Waals surface area (Å²) in [6.07, 6.45) is 2.53. The van der Waals surface area contributed by atoms with Crippen molar-refractivity contribution in [1.82, 2.24) is 9.08 Å². The molecule has 27 heavy (non-hydrogen) atoms. The van der Waals surface area contributed by atoms with Crippen molar-refractivity contribution in [2.75, 3.05) is 30.4 Å². The number of hydrogen-bond donors (Lipinski definition) is 3. The molecule has 0 radical (unpaired) electrons. The summed E-state index contributed by atoms with van der Waals surface area (Å²) < 4.78 is 16.6. The fourth-order valence-corrected chi connectivity index (χ4v) is 4.21. The van der Waals surface area contributed by atoms with Crippen LogP contribution >= 0.6 is 0 Å². The number of aliphatic hydroxyl groups excluding tert-OH is 2. The fourth-order valence-electron chi connectivity index (χ4n) is 4.21. The highest BCUT2D eigenvalue weighted by atomic mass is 19.1. The number of aromatic nitrogens is 2. The average molecular weight is 378 g/mol. The molecule has 2 atom stereocenters. The first kappa shape index (κ1) is 18.0. The molecule has 1 saturated carbocycles. The second-order valence-electron chi connectivity index (χ2n) is 7.56. The highest BCUT2D eigenvalue weighted by Crippen LogP contribution is 2.42. The summed E-state index contributed by atoms with van der Waals surface area (Å²) in [6, 6.07) is 0. The van der Waals surface area contributed by atoms with E-state index >= 15 is 0 Å². The van der Waals surface area contributed by atoms with Gasteiger partial charge in [-0.3, -0.25) is 9.20 Å². The van der Waals surface area contributed by atoms with Gasteiger partial charge in [0.2, 0.25) is 0 Å². The zero-order valence-electron chi connectivity index (χ0n) is 15.1. The summed E-state index contributed by atoms with van der Waals surface area (Å²) in [4.78, 5) is 26.8. The highest BCUT2D eigenvalue weighted by Gasteiger charge is 2.34. The molecule has 0 aromatic carbocycles. The van der Waals surface area contributed by atoms with Crippen LogP contribution in [-0.4, -0.2) is 45.1 Å². The van der Waals surface area contributed by atoms with E-state index in [0.29, 0.717) is 46.5 Å². The molecule has 2 aliphatic rings. The molecular formula is C18H23FN4O4. The van der Waals surface area contributed by atoms with E-state index in [4.69, 9.17) is 10.9 Å². The van der Waals surface area contributed by atoms with Gasteiger partial charge in [0.1, 0.15) is 0 Å². The van der Waals surface area contributed by atoms with E-state index < -0.39 is 23.2 Å². The van der Waals surface area contributed by atoms with Crippen molar-refractivity contribution in [1.29, 1.82) is 0 Å². The van der Waals surface area contributed by atoms with Gasteiger partial charge in [0, 0.05) is 30.1 Å². The third kappa shape index (κ3) is 2.72. The molecule has 4 rings (SSSR count). The lowest BCUT2D eigenvalue weighted by atomic mass is 10.0. The van der Waals surface area contributed by atoms with Crippen molar-refractivity contribution in [2.24, 2.45) is 5.92 Å². The molecule has 2 aromatic rings. The molecule has 0 amide bonds. The van der Waals surface area contributed by atoms with Gasteiger partial charge >= 0.3 is 5.69 Å². The molecule has 146 valence electrons. The molecule has 8 nitrogen and oxygen atoms in total. The highest BCUT2D eigenvalue weighted by molar-refractivity contribution is 5.72. The minimum atomic E-state index is -0.854. The summed E-state index contributed by atoms with van der Waals surface area (Å²) >= 11 is 0. The Bertz CT molecular complexity index is 1030. The van der Waals surface area contributed by atoms with Crippen LogP contribution in [0.15, 0.2) is 15.8 Å². The molecule has 1 aliphatic heterocycles. The van der Waals surface area contributed by atoms with Crippen molar-refractivity contribution >= 4 is 11.2 Å². The van der Waals surface area contributed by atoms with Gasteiger partial charge < -0.3 is 21.0 Å². The third-order valence-electron chi connectivity index (χ3n) is 5.79. The number of nitrogen functional groups attached to an aromatic ring is 1. The van der Waals surface area contributed by atoms with Crippen LogP contribution in [0.5, 0.6) is 0 Å². The van der Waals surface area contributed by atoms with Crippen molar-refractivity contribution in [3.05, 3.63) is 44.0 Å². The first-order valence-corrected chi connectivity index (χ1v) is 9.14. The number of nitrogens with two attached hydrogens (primary N) is 1. The smallest absolute Gasteiger partial charge is 0.354 e. The normalized spacial score (nSPS) is 21.2. The maximum absolute atomic E-state index is 15.0. The van der Waals surface area contributed by atoms with E-state index in [-0.39, 0.29) is 18.4 Å². The van der Waals surface area contributed by atoms with Gasteiger partial charge in [0.05, 0.1) is 30.1 Å². The zero-order valence-corrected chi connectivity index (χ0v) is 15.1. The number of aliphatic hydroxyl groups is 2. The van der Waals surface area contributed by atoms with E-state index in [1.54, 1.807) is 6.92 Å². The minimum absolute atomic E-state index is 0.0300. The number of aryl methyl sites for hydroxylation is 1. The van der Waals surface area contributed by atoms with Crippen molar-refractivity contribution < 1.29 is 14.6 Å². The number of rotatable bonds is 4. The summed E-state index contributed by atoms with van der Waals surface area (Å²) in [7, 11) is 0. The van der Waals surface area contributed by atoms with Gasteiger partial charge in [-0.05, 0) is 32.1 Å². The van der Waals surface area contributed by atoms with Gasteiger partial charge in [0.15, 0.2) is 5.82 Å². The van der Waals surface area contributed by atoms with E-state index in [1.165, 1.54) is 0 Å². The van der Waals surface area contributed by atoms with E-state index in [9.17, 15) is 19.1 Å². The SMILES string of the molecule is Cc1c(N2CCC(C(O)CO)C2)c(F)cn2c(=O)n(N)c(=O)c(C3CC3)c12. The van der Waals surface area contributed by atoms with Crippen LogP contribution in [0.2, 0.25) is 0 Å². The van der Waals surface area contributed by atoms with Crippen LogP contribution in [0.4, 0.5) is 10.1 Å². The Balaban J connectivity index is 1.91. The van der Waals surface area contributed by atoms with Gasteiger partial charge in [-0.2, -0.15) is 4.68 Å². The topological polar surface area (TPSA) is 113 Å². The first-order valence-electron chi connectivity index (χ1n) is 9.14. The molecule has 9 heteroatoms. The second kappa shape index (κ2) is 6.35. The third-order valence-corrected chi connectivity index (χ3v) is 5.79. The first-order chi connectivity index (χ1) is 12.8. The van der Waals surface area contributed by atoms with Crippen LogP contribution < -0.4 is 22.0 Å². The van der Waals surface area contributed by atoms with Crippen LogP contribution in [0, 0.1) is 18.7 Å². The Morgan fingerprint density at radius 3 is 2.67 bits per heavy atom. The number of hydrogen-bond acceptors (Lipinski definition) is 6. The molecular weight excluding hydrogens is 355 g/mol. The van der Waals surface area contributed by atoms with Gasteiger partial charge in [0.25, 0.3) is 5.56 Å². The number of halogens is 1. The van der Waals surface area contributed by atoms with E-state index in [0.717, 1.165) is 23.4 Å². The molecule has 2 aromatic heterocycles. The Morgan fingerprint density at radius 2 is 2.04 bits per heavy atom. The predicted molar refractivity (Wildman–Crippen MR) is 98.2 cm³/mol. The van der Waals surface area contributed by atoms with Crippen molar-refractivity contribution in [3.8, 4) is 0 Å². The fraction of sp³-hybridized carbons (Fsp3) is 0.556. The summed E-state index contributed by atoms with van der Waals surface area (Å²) in [5.41, 5.74) is 0.434. The molecule has 3 heterocycles. The minimum Gasteiger partial charge on any atom is -0.394 e. The largest absolute Gasteiger partial charge is 0.394 e. The number of fused-ring (bicyclic) bond motifs is 1. The number of nitrogens with zero attached hydrogens (tertiary/aromatic N) is 3. The summed E-state index contributed by atoms with van der Waals surface area (Å²) in [6.45, 7) is 2.28. The maximum atomic E-state index is 15.0. The average Bonchev–Trinajstić information content (AvgIpc) is 3.37. The van der Waals surface area contributed by atoms with Crippen LogP contribution in [0.25, 0.3) is 5.52 Å². The van der Waals surface area contributed by atoms with Crippen LogP contribution in [0.3, 0.4) is 0 Å². The van der Waals surface area contributed by atoms with Gasteiger partial charge in [-0.25, -0.2) is 9.18 Å². The van der Waals surface area contributed by atoms with Gasteiger partial charge in [-0.15, -0.1) is 0 Å². The summed E-state index contributed by atoms with van der Waals surface area (Å²) in [5.74, 6) is 4.92. The molecule has 0 spiro atoms. The predicted octanol–water partition coefficient (Wildman–Crippen LogP) is -0.321. The Labute approximate surface area is 154 Å². The Hall–Kier alpha value is -2.39. The molecule has 2 fully saturated rings. The lowest BCUT2D eigenvalue weighted by Gasteiger charge is -2.24. The standard InChI is InChI=1S/C18H23FN4O4/c1-9-15(21-5-4-11(6-21)13(25)8-24)12(19)7-22-16(9)14(10-2-3-10)17(26)23(20)18(22)27/h7,10-11,13,24-25H,2-6,8,20H2,1H3. The van der Waals surface area contributed by atoms with Gasteiger partial charge in [-0.1, -0.05) is 0 Å². The lowest BCUT2D eigenvalue weighted by molar-refractivity contribution is 0.0545. The number of anilines is 1. The quantitative estimate of drug-likeness (QED) is 0.629. The van der Waals surface area contributed by atoms with Crippen LogP contribution in [0.1, 0.15) is 36.3 Å². The van der Waals surface area contributed by atoms with Crippen molar-refractivity contribution in [3.63, 3.8) is 0 Å². The van der Waals surface area contributed by atoms with E-state index in [1.807, 2.05) is 4.90 Å². The monoisotopic (exact) mass is 378 g/mol. The lowest BCUT2D eigenvalue weighted by Crippen LogP contribution is -2.44. The molecule has 0 bridgehead atoms. The van der Waals surface area contributed by atoms with Crippen LogP contribution in [-0.2, 0) is 0 Å². The molecule has 1 aliphatic carbocycles. The second-order valence-corrected chi connectivity index (χ2v) is 7.56. The maximum Gasteiger partial charge on any atom is 0.354 e. The zero-order chi connectivity index (χ0) is 19.5. The Morgan fingerprint density at radius 1 is 1.33 bits per heavy atom. The molecule has 4 N–H and O–H groups in total. The molecule has 1 saturated heterocycles. The summed E-state index contributed by atoms with van der Waals surface area (Å²) in [5, 5.41) is 19.1. The molecule has 2 unspecified atom stereocenters. The Kier molecular flexibility index (Phi) is 4.23. The number of pyridine rings is 1.